The molecule has 0 fully saturated rings. The zero-order valence-corrected chi connectivity index (χ0v) is 12.8. The van der Waals surface area contributed by atoms with Gasteiger partial charge >= 0.3 is 0 Å². The second-order valence-corrected chi connectivity index (χ2v) is 6.35. The highest BCUT2D eigenvalue weighted by molar-refractivity contribution is 7.16. The largest absolute Gasteiger partial charge is 0.386 e. The molecule has 0 aliphatic heterocycles. The van der Waals surface area contributed by atoms with Gasteiger partial charge in [0.1, 0.15) is 5.82 Å². The van der Waals surface area contributed by atoms with Gasteiger partial charge in [-0.15, -0.1) is 11.3 Å². The number of rotatable bonds is 6. The average Bonchev–Trinajstić information content (AvgIpc) is 2.89. The third-order valence-corrected chi connectivity index (χ3v) is 4.28. The van der Waals surface area contributed by atoms with Crippen LogP contribution in [0.2, 0.25) is 4.34 Å². The van der Waals surface area contributed by atoms with Gasteiger partial charge in [-0.05, 0) is 24.6 Å². The molecule has 112 valence electrons. The van der Waals surface area contributed by atoms with Gasteiger partial charge in [-0.1, -0.05) is 29.8 Å². The molecule has 6 heteroatoms. The molecular weight excluding hydrogens is 313 g/mol. The van der Waals surface area contributed by atoms with Crippen molar-refractivity contribution >= 4 is 28.8 Å². The average molecular weight is 328 g/mol. The monoisotopic (exact) mass is 327 g/mol. The summed E-state index contributed by atoms with van der Waals surface area (Å²) in [6.45, 7) is -0.00896. The van der Waals surface area contributed by atoms with Gasteiger partial charge in [-0.2, -0.15) is 0 Å². The van der Waals surface area contributed by atoms with Crippen LogP contribution in [-0.2, 0) is 11.2 Å². The molecule has 3 nitrogen and oxygen atoms in total. The van der Waals surface area contributed by atoms with Crippen LogP contribution in [0.1, 0.15) is 23.0 Å². The third kappa shape index (κ3) is 4.81. The second-order valence-electron chi connectivity index (χ2n) is 4.55. The van der Waals surface area contributed by atoms with Crippen molar-refractivity contribution in [1.29, 1.82) is 0 Å². The van der Waals surface area contributed by atoms with Crippen LogP contribution in [0, 0.1) is 5.82 Å². The predicted octanol–water partition coefficient (Wildman–Crippen LogP) is 3.32. The van der Waals surface area contributed by atoms with Crippen LogP contribution in [0.4, 0.5) is 4.39 Å². The molecule has 2 aromatic rings. The summed E-state index contributed by atoms with van der Waals surface area (Å²) >= 11 is 7.25. The Kier molecular flexibility index (Phi) is 5.73. The number of halogens is 2. The summed E-state index contributed by atoms with van der Waals surface area (Å²) in [4.78, 5) is 12.7. The number of thiophene rings is 1. The number of carbonyl (C=O) groups is 1. The Labute approximate surface area is 131 Å². The van der Waals surface area contributed by atoms with E-state index >= 15 is 0 Å². The van der Waals surface area contributed by atoms with Crippen LogP contribution in [0.5, 0.6) is 0 Å². The van der Waals surface area contributed by atoms with E-state index in [0.29, 0.717) is 17.2 Å². The molecule has 21 heavy (non-hydrogen) atoms. The molecule has 0 aliphatic rings. The minimum atomic E-state index is -1.05. The zero-order chi connectivity index (χ0) is 15.2. The predicted molar refractivity (Wildman–Crippen MR) is 82.0 cm³/mol. The highest BCUT2D eigenvalue weighted by Crippen LogP contribution is 2.22. The van der Waals surface area contributed by atoms with Crippen molar-refractivity contribution in [3.05, 3.63) is 57.0 Å². The first-order valence-electron chi connectivity index (χ1n) is 6.49. The van der Waals surface area contributed by atoms with Gasteiger partial charge in [-0.3, -0.25) is 4.79 Å². The highest BCUT2D eigenvalue weighted by Gasteiger charge is 2.13. The number of nitrogens with one attached hydrogen (secondary N) is 1. The van der Waals surface area contributed by atoms with Gasteiger partial charge in [0.25, 0.3) is 0 Å². The van der Waals surface area contributed by atoms with E-state index < -0.39 is 11.9 Å². The van der Waals surface area contributed by atoms with E-state index in [4.69, 9.17) is 11.6 Å². The van der Waals surface area contributed by atoms with Gasteiger partial charge in [0, 0.05) is 23.4 Å². The maximum absolute atomic E-state index is 13.5. The first-order chi connectivity index (χ1) is 10.1. The van der Waals surface area contributed by atoms with Crippen LogP contribution < -0.4 is 5.32 Å². The number of aryl methyl sites for hydroxylation is 1. The summed E-state index contributed by atoms with van der Waals surface area (Å²) in [6, 6.07) is 9.65. The lowest BCUT2D eigenvalue weighted by molar-refractivity contribution is -0.121. The molecule has 1 atom stereocenters. The number of hydrogen-bond acceptors (Lipinski definition) is 3. The second kappa shape index (κ2) is 7.54. The van der Waals surface area contributed by atoms with Crippen LogP contribution >= 0.6 is 22.9 Å². The van der Waals surface area contributed by atoms with E-state index in [2.05, 4.69) is 5.32 Å². The number of carbonyl (C=O) groups excluding carboxylic acids is 1. The molecule has 0 saturated carbocycles. The van der Waals surface area contributed by atoms with E-state index in [1.165, 1.54) is 23.5 Å². The summed E-state index contributed by atoms with van der Waals surface area (Å²) in [5.41, 5.74) is 0.183. The maximum Gasteiger partial charge on any atom is 0.220 e. The summed E-state index contributed by atoms with van der Waals surface area (Å²) in [5, 5.41) is 12.5. The fraction of sp³-hybridized carbons (Fsp3) is 0.267. The highest BCUT2D eigenvalue weighted by atomic mass is 35.5. The molecule has 1 aromatic heterocycles. The summed E-state index contributed by atoms with van der Waals surface area (Å²) in [7, 11) is 0. The lowest BCUT2D eigenvalue weighted by Gasteiger charge is -2.12. The van der Waals surface area contributed by atoms with Gasteiger partial charge in [-0.25, -0.2) is 4.39 Å². The number of amides is 1. The smallest absolute Gasteiger partial charge is 0.220 e. The minimum absolute atomic E-state index is 0.00896. The molecule has 0 bridgehead atoms. The molecule has 1 unspecified atom stereocenters. The first-order valence-corrected chi connectivity index (χ1v) is 7.69. The van der Waals surface area contributed by atoms with Crippen molar-refractivity contribution < 1.29 is 14.3 Å². The van der Waals surface area contributed by atoms with Crippen molar-refractivity contribution in [2.24, 2.45) is 0 Å². The van der Waals surface area contributed by atoms with Crippen LogP contribution in [-0.4, -0.2) is 17.6 Å². The number of benzene rings is 1. The quantitative estimate of drug-likeness (QED) is 0.855. The van der Waals surface area contributed by atoms with E-state index in [0.717, 1.165) is 4.88 Å². The molecule has 0 spiro atoms. The maximum atomic E-state index is 13.5. The SMILES string of the molecule is O=C(CCc1ccc(Cl)s1)NCC(O)c1ccccc1F. The topological polar surface area (TPSA) is 49.3 Å². The van der Waals surface area contributed by atoms with Crippen LogP contribution in [0.25, 0.3) is 0 Å². The molecular formula is C15H15ClFNO2S. The number of hydrogen-bond donors (Lipinski definition) is 2. The molecule has 1 heterocycles. The first kappa shape index (κ1) is 15.9. The Morgan fingerprint density at radius 3 is 2.76 bits per heavy atom. The fourth-order valence-corrected chi connectivity index (χ4v) is 2.96. The Hall–Kier alpha value is -1.43. The van der Waals surface area contributed by atoms with E-state index in [1.807, 2.05) is 6.07 Å². The Morgan fingerprint density at radius 2 is 2.10 bits per heavy atom. The lowest BCUT2D eigenvalue weighted by atomic mass is 10.1. The van der Waals surface area contributed by atoms with Crippen molar-refractivity contribution in [2.75, 3.05) is 6.54 Å². The normalized spacial score (nSPS) is 12.1. The molecule has 2 N–H and O–H groups in total. The summed E-state index contributed by atoms with van der Waals surface area (Å²) in [5.74, 6) is -0.664. The molecule has 0 radical (unpaired) electrons. The van der Waals surface area contributed by atoms with Crippen molar-refractivity contribution in [3.8, 4) is 0 Å². The van der Waals surface area contributed by atoms with Crippen LogP contribution in [0.3, 0.4) is 0 Å². The van der Waals surface area contributed by atoms with E-state index in [9.17, 15) is 14.3 Å². The molecule has 2 rings (SSSR count). The van der Waals surface area contributed by atoms with Crippen molar-refractivity contribution in [1.82, 2.24) is 5.32 Å². The molecule has 1 aromatic carbocycles. The minimum Gasteiger partial charge on any atom is -0.386 e. The Balaban J connectivity index is 1.77. The zero-order valence-electron chi connectivity index (χ0n) is 11.2. The summed E-state index contributed by atoms with van der Waals surface area (Å²) < 4.78 is 14.1. The van der Waals surface area contributed by atoms with Crippen molar-refractivity contribution in [2.45, 2.75) is 18.9 Å². The Morgan fingerprint density at radius 1 is 1.33 bits per heavy atom. The molecule has 0 saturated heterocycles. The molecule has 1 amide bonds. The van der Waals surface area contributed by atoms with Crippen molar-refractivity contribution in [3.63, 3.8) is 0 Å². The van der Waals surface area contributed by atoms with Gasteiger partial charge < -0.3 is 10.4 Å². The van der Waals surface area contributed by atoms with E-state index in [1.54, 1.807) is 18.2 Å². The third-order valence-electron chi connectivity index (χ3n) is 2.98. The number of aliphatic hydroxyl groups is 1. The van der Waals surface area contributed by atoms with E-state index in [-0.39, 0.29) is 18.0 Å². The Bertz CT molecular complexity index is 617. The van der Waals surface area contributed by atoms with Gasteiger partial charge in [0.05, 0.1) is 10.4 Å². The fourth-order valence-electron chi connectivity index (χ4n) is 1.88. The van der Waals surface area contributed by atoms with Crippen LogP contribution in [0.15, 0.2) is 36.4 Å². The van der Waals surface area contributed by atoms with Gasteiger partial charge in [0.15, 0.2) is 0 Å². The summed E-state index contributed by atoms with van der Waals surface area (Å²) in [6.07, 6.45) is -0.147. The van der Waals surface area contributed by atoms with Gasteiger partial charge in [0.2, 0.25) is 5.91 Å². The number of aliphatic hydroxyl groups excluding tert-OH is 1. The molecule has 0 aliphatic carbocycles. The standard InChI is InChI=1S/C15H15ClFNO2S/c16-14-7-5-10(21-14)6-8-15(20)18-9-13(19)11-3-1-2-4-12(11)17/h1-5,7,13,19H,6,8-9H2,(H,18,20). The lowest BCUT2D eigenvalue weighted by Crippen LogP contribution is -2.28.